The van der Waals surface area contributed by atoms with Crippen LogP contribution in [-0.2, 0) is 6.37 Å². The number of phenolic OH excluding ortho intramolecular Hbond substituents is 1. The van der Waals surface area contributed by atoms with Gasteiger partial charge in [-0.05, 0) is 64.1 Å². The SMILES string of the molecule is [2H]C([2H])([2H])C([2H])([2H])C([2H])([2H])C([2H])([2H])C([2H])([2H])c1cc(O)c2c(c1)OC(C)(C)[C@@H]1CCC(C)=C[C@@]21[2H]. The molecule has 2 nitrogen and oxygen atoms in total. The van der Waals surface area contributed by atoms with E-state index >= 15 is 0 Å². The van der Waals surface area contributed by atoms with Crippen LogP contribution in [0.3, 0.4) is 0 Å². The molecule has 1 aromatic rings. The average Bonchev–Trinajstić information content (AvgIpc) is 2.64. The van der Waals surface area contributed by atoms with Crippen molar-refractivity contribution in [2.24, 2.45) is 5.92 Å². The van der Waals surface area contributed by atoms with Crippen LogP contribution in [0.15, 0.2) is 23.8 Å². The van der Waals surface area contributed by atoms with Gasteiger partial charge in [0.2, 0.25) is 0 Å². The molecule has 2 aliphatic rings. The van der Waals surface area contributed by atoms with Gasteiger partial charge in [-0.15, -0.1) is 0 Å². The first-order valence-electron chi connectivity index (χ1n) is 13.7. The van der Waals surface area contributed by atoms with E-state index < -0.39 is 55.2 Å². The maximum Gasteiger partial charge on any atom is 0.127 e. The van der Waals surface area contributed by atoms with Crippen molar-refractivity contribution in [1.29, 1.82) is 0 Å². The molecule has 23 heavy (non-hydrogen) atoms. The Morgan fingerprint density at radius 1 is 1.43 bits per heavy atom. The smallest absolute Gasteiger partial charge is 0.127 e. The Kier molecular flexibility index (Phi) is 1.95. The quantitative estimate of drug-likeness (QED) is 0.715. The lowest BCUT2D eigenvalue weighted by atomic mass is 9.68. The van der Waals surface area contributed by atoms with E-state index in [1.807, 2.05) is 6.92 Å². The van der Waals surface area contributed by atoms with Crippen LogP contribution in [0, 0.1) is 5.92 Å². The highest BCUT2D eigenvalue weighted by molar-refractivity contribution is 5.53. The third-order valence-corrected chi connectivity index (χ3v) is 4.52. The summed E-state index contributed by atoms with van der Waals surface area (Å²) < 4.78 is 102. The summed E-state index contributed by atoms with van der Waals surface area (Å²) in [6.07, 6.45) is -11.5. The van der Waals surface area contributed by atoms with Gasteiger partial charge in [0.1, 0.15) is 17.1 Å². The highest BCUT2D eigenvalue weighted by Crippen LogP contribution is 2.53. The number of hydrogen-bond acceptors (Lipinski definition) is 2. The summed E-state index contributed by atoms with van der Waals surface area (Å²) in [5, 5.41) is 10.9. The molecule has 0 bridgehead atoms. The molecule has 0 saturated heterocycles. The third kappa shape index (κ3) is 3.13. The second-order valence-electron chi connectivity index (χ2n) is 6.61. The first-order valence-corrected chi connectivity index (χ1v) is 7.70. The van der Waals surface area contributed by atoms with Crippen LogP contribution in [-0.4, -0.2) is 10.7 Å². The van der Waals surface area contributed by atoms with Crippen LogP contribution in [0.5, 0.6) is 11.5 Å². The zero-order valence-corrected chi connectivity index (χ0v) is 13.6. The molecule has 1 aliphatic carbocycles. The summed E-state index contributed by atoms with van der Waals surface area (Å²) >= 11 is 0. The monoisotopic (exact) mass is 326 g/mol. The summed E-state index contributed by atoms with van der Waals surface area (Å²) in [6.45, 7) is 1.82. The zero-order chi connectivity index (χ0) is 27.2. The number of hydrogen-bond donors (Lipinski definition) is 1. The predicted octanol–water partition coefficient (Wildman–Crippen LogP) is 5.74. The molecule has 2 heteroatoms. The van der Waals surface area contributed by atoms with Crippen molar-refractivity contribution in [1.82, 2.24) is 0 Å². The Morgan fingerprint density at radius 3 is 3.04 bits per heavy atom. The average molecular weight is 327 g/mol. The molecular weight excluding hydrogens is 284 g/mol. The van der Waals surface area contributed by atoms with Gasteiger partial charge in [0, 0.05) is 33.8 Å². The van der Waals surface area contributed by atoms with Gasteiger partial charge in [0.25, 0.3) is 0 Å². The molecule has 0 spiro atoms. The minimum Gasteiger partial charge on any atom is -0.507 e. The summed E-state index contributed by atoms with van der Waals surface area (Å²) in [7, 11) is 0. The summed E-state index contributed by atoms with van der Waals surface area (Å²) in [5.74, 6) is -2.35. The maximum absolute atomic E-state index is 10.9. The number of aromatic hydroxyl groups is 1. The Balaban J connectivity index is 2.21. The summed E-state index contributed by atoms with van der Waals surface area (Å²) in [4.78, 5) is 0. The summed E-state index contributed by atoms with van der Waals surface area (Å²) in [5.41, 5.74) is -0.453. The third-order valence-electron chi connectivity index (χ3n) is 4.52. The molecule has 0 unspecified atom stereocenters. The van der Waals surface area contributed by atoms with E-state index in [4.69, 9.17) is 19.8 Å². The van der Waals surface area contributed by atoms with Gasteiger partial charge in [-0.3, -0.25) is 0 Å². The normalized spacial score (nSPS) is 39.1. The van der Waals surface area contributed by atoms with Gasteiger partial charge in [-0.2, -0.15) is 0 Å². The number of allylic oxidation sites excluding steroid dienone is 2. The number of phenols is 1. The van der Waals surface area contributed by atoms with Crippen LogP contribution in [0.25, 0.3) is 0 Å². The van der Waals surface area contributed by atoms with E-state index in [2.05, 4.69) is 0 Å². The number of fused-ring (bicyclic) bond motifs is 3. The van der Waals surface area contributed by atoms with Gasteiger partial charge >= 0.3 is 0 Å². The summed E-state index contributed by atoms with van der Waals surface area (Å²) in [6, 6.07) is 1.96. The highest BCUT2D eigenvalue weighted by atomic mass is 16.5. The van der Waals surface area contributed by atoms with Crippen molar-refractivity contribution in [2.45, 2.75) is 77.5 Å². The van der Waals surface area contributed by atoms with E-state index in [0.29, 0.717) is 6.42 Å². The molecule has 0 fully saturated rings. The lowest BCUT2D eigenvalue weighted by Gasteiger charge is -2.46. The topological polar surface area (TPSA) is 29.5 Å². The zero-order valence-electron chi connectivity index (χ0n) is 25.6. The van der Waals surface area contributed by atoms with Crippen LogP contribution in [0.4, 0.5) is 0 Å². The van der Waals surface area contributed by atoms with Gasteiger partial charge in [0.05, 0.1) is 0 Å². The minimum absolute atomic E-state index is 0.0683. The second-order valence-corrected chi connectivity index (χ2v) is 6.61. The van der Waals surface area contributed by atoms with Crippen molar-refractivity contribution in [3.63, 3.8) is 0 Å². The fourth-order valence-electron chi connectivity index (χ4n) is 3.47. The van der Waals surface area contributed by atoms with Gasteiger partial charge in [-0.25, -0.2) is 0 Å². The highest BCUT2D eigenvalue weighted by Gasteiger charge is 2.45. The van der Waals surface area contributed by atoms with Crippen molar-refractivity contribution in [2.75, 3.05) is 0 Å². The molecule has 2 atom stereocenters. The molecule has 0 aromatic heterocycles. The molecule has 1 heterocycles. The lowest BCUT2D eigenvalue weighted by molar-refractivity contribution is 0.0107. The van der Waals surface area contributed by atoms with Gasteiger partial charge < -0.3 is 9.84 Å². The van der Waals surface area contributed by atoms with E-state index in [-0.39, 0.29) is 17.2 Å². The van der Waals surface area contributed by atoms with Crippen LogP contribution in [0.1, 0.15) is 93.1 Å². The lowest BCUT2D eigenvalue weighted by Crippen LogP contribution is -2.45. The van der Waals surface area contributed by atoms with Crippen molar-refractivity contribution < 1.29 is 26.3 Å². The van der Waals surface area contributed by atoms with Crippen molar-refractivity contribution >= 4 is 0 Å². The van der Waals surface area contributed by atoms with E-state index in [9.17, 15) is 6.48 Å². The van der Waals surface area contributed by atoms with Gasteiger partial charge in [-0.1, -0.05) is 31.2 Å². The molecular formula is C21H30O2. The number of aryl methyl sites for hydroxylation is 1. The molecule has 126 valence electrons. The van der Waals surface area contributed by atoms with Crippen LogP contribution < -0.4 is 4.74 Å². The van der Waals surface area contributed by atoms with Crippen LogP contribution >= 0.6 is 0 Å². The van der Waals surface area contributed by atoms with E-state index in [1.54, 1.807) is 19.9 Å². The standard InChI is InChI=1S/C21H30O2/c1-5-6-7-8-15-12-18(22)20-16-11-14(2)9-10-17(16)21(3,4)23-19(20)13-15/h11-13,16-17,22H,5-10H2,1-4H3/t16-,17-/m1/s1/i1D3,5D2,6D2,7D2,8D2,16D. The largest absolute Gasteiger partial charge is 0.507 e. The predicted molar refractivity (Wildman–Crippen MR) is 95.3 cm³/mol. The van der Waals surface area contributed by atoms with Gasteiger partial charge in [0.15, 0.2) is 0 Å². The molecule has 0 radical (unpaired) electrons. The first kappa shape index (κ1) is 7.21. The molecule has 0 saturated carbocycles. The molecule has 1 N–H and O–H groups in total. The molecule has 1 aliphatic heterocycles. The number of benzene rings is 1. The molecule has 0 amide bonds. The first-order chi connectivity index (χ1) is 15.4. The second kappa shape index (κ2) is 6.22. The fraction of sp³-hybridized carbons (Fsp3) is 0.619. The molecule has 3 rings (SSSR count). The number of ether oxygens (including phenoxy) is 1. The Labute approximate surface area is 157 Å². The fourth-order valence-corrected chi connectivity index (χ4v) is 3.47. The van der Waals surface area contributed by atoms with E-state index in [1.165, 1.54) is 0 Å². The Morgan fingerprint density at radius 2 is 2.26 bits per heavy atom. The minimum atomic E-state index is -3.81. The molecule has 1 aromatic carbocycles. The number of rotatable bonds is 4. The Hall–Kier alpha value is -1.44. The van der Waals surface area contributed by atoms with E-state index in [0.717, 1.165) is 24.1 Å². The Bertz CT molecular complexity index is 1060. The van der Waals surface area contributed by atoms with Crippen molar-refractivity contribution in [3.05, 3.63) is 34.9 Å². The maximum atomic E-state index is 10.9. The van der Waals surface area contributed by atoms with Crippen LogP contribution in [0.2, 0.25) is 0 Å². The van der Waals surface area contributed by atoms with Crippen molar-refractivity contribution in [3.8, 4) is 11.5 Å².